The van der Waals surface area contributed by atoms with Crippen LogP contribution in [0.3, 0.4) is 0 Å². The fourth-order valence-corrected chi connectivity index (χ4v) is 1.96. The number of rotatable bonds is 5. The minimum Gasteiger partial charge on any atom is -0.505 e. The Bertz CT molecular complexity index is 656. The van der Waals surface area contributed by atoms with E-state index >= 15 is 0 Å². The smallest absolute Gasteiger partial charge is 0.273 e. The Kier molecular flexibility index (Phi) is 4.59. The molecule has 6 heteroatoms. The van der Waals surface area contributed by atoms with Gasteiger partial charge in [0, 0.05) is 30.1 Å². The number of hydrogen-bond donors (Lipinski definition) is 3. The number of aromatic hydroxyl groups is 1. The van der Waals surface area contributed by atoms with Crippen LogP contribution < -0.4 is 15.8 Å². The van der Waals surface area contributed by atoms with Crippen molar-refractivity contribution in [2.75, 3.05) is 13.1 Å². The zero-order valence-electron chi connectivity index (χ0n) is 12.1. The summed E-state index contributed by atoms with van der Waals surface area (Å²) in [5.74, 6) is 0.0265. The van der Waals surface area contributed by atoms with Gasteiger partial charge in [0.05, 0.1) is 6.10 Å². The van der Waals surface area contributed by atoms with Gasteiger partial charge >= 0.3 is 0 Å². The maximum absolute atomic E-state index is 11.9. The number of carbonyl (C=O) groups is 1. The van der Waals surface area contributed by atoms with Gasteiger partial charge < -0.3 is 20.9 Å². The SMILES string of the molecule is CC(C)Oc1ccc2cnc(C(=O)NCCN)c(O)c2c1. The van der Waals surface area contributed by atoms with Crippen LogP contribution in [0.15, 0.2) is 24.4 Å². The van der Waals surface area contributed by atoms with E-state index in [1.165, 1.54) is 0 Å². The topological polar surface area (TPSA) is 97.5 Å². The molecule has 0 radical (unpaired) electrons. The number of hydrogen-bond acceptors (Lipinski definition) is 5. The van der Waals surface area contributed by atoms with Crippen molar-refractivity contribution in [2.45, 2.75) is 20.0 Å². The lowest BCUT2D eigenvalue weighted by Gasteiger charge is -2.12. The first kappa shape index (κ1) is 15.1. The lowest BCUT2D eigenvalue weighted by atomic mass is 10.1. The summed E-state index contributed by atoms with van der Waals surface area (Å²) in [5.41, 5.74) is 5.32. The highest BCUT2D eigenvalue weighted by Crippen LogP contribution is 2.30. The van der Waals surface area contributed by atoms with Crippen molar-refractivity contribution in [1.82, 2.24) is 10.3 Å². The Balaban J connectivity index is 2.41. The van der Waals surface area contributed by atoms with Crippen molar-refractivity contribution in [3.63, 3.8) is 0 Å². The van der Waals surface area contributed by atoms with Crippen molar-refractivity contribution in [3.05, 3.63) is 30.1 Å². The Labute approximate surface area is 122 Å². The van der Waals surface area contributed by atoms with Crippen molar-refractivity contribution in [2.24, 2.45) is 5.73 Å². The zero-order chi connectivity index (χ0) is 15.4. The number of amides is 1. The summed E-state index contributed by atoms with van der Waals surface area (Å²) in [5, 5.41) is 14.1. The van der Waals surface area contributed by atoms with Crippen LogP contribution in [0.5, 0.6) is 11.5 Å². The quantitative estimate of drug-likeness (QED) is 0.773. The van der Waals surface area contributed by atoms with Crippen molar-refractivity contribution in [1.29, 1.82) is 0 Å². The molecule has 1 aromatic carbocycles. The molecule has 0 atom stereocenters. The number of benzene rings is 1. The molecule has 1 aromatic heterocycles. The Hall–Kier alpha value is -2.34. The van der Waals surface area contributed by atoms with E-state index in [1.54, 1.807) is 24.4 Å². The average Bonchev–Trinajstić information content (AvgIpc) is 2.45. The van der Waals surface area contributed by atoms with Gasteiger partial charge in [0.15, 0.2) is 11.4 Å². The van der Waals surface area contributed by atoms with Crippen LogP contribution in [0.1, 0.15) is 24.3 Å². The van der Waals surface area contributed by atoms with E-state index in [4.69, 9.17) is 10.5 Å². The maximum atomic E-state index is 11.9. The molecule has 112 valence electrons. The summed E-state index contributed by atoms with van der Waals surface area (Å²) < 4.78 is 5.59. The number of aromatic nitrogens is 1. The number of fused-ring (bicyclic) bond motifs is 1. The third-order valence-electron chi connectivity index (χ3n) is 2.85. The highest BCUT2D eigenvalue weighted by molar-refractivity contribution is 6.01. The van der Waals surface area contributed by atoms with Gasteiger partial charge in [-0.3, -0.25) is 4.79 Å². The minimum absolute atomic E-state index is 0.0161. The molecule has 1 heterocycles. The van der Waals surface area contributed by atoms with Crippen LogP contribution in [0, 0.1) is 0 Å². The van der Waals surface area contributed by atoms with Gasteiger partial charge in [-0.2, -0.15) is 0 Å². The van der Waals surface area contributed by atoms with Gasteiger partial charge in [0.25, 0.3) is 5.91 Å². The van der Waals surface area contributed by atoms with E-state index in [0.29, 0.717) is 24.2 Å². The predicted octanol–water partition coefficient (Wildman–Crippen LogP) is 1.42. The number of carbonyl (C=O) groups excluding carboxylic acids is 1. The molecular weight excluding hydrogens is 270 g/mol. The zero-order valence-corrected chi connectivity index (χ0v) is 12.1. The summed E-state index contributed by atoms with van der Waals surface area (Å²) in [6, 6.07) is 5.30. The van der Waals surface area contributed by atoms with E-state index in [2.05, 4.69) is 10.3 Å². The third kappa shape index (κ3) is 3.41. The molecule has 21 heavy (non-hydrogen) atoms. The van der Waals surface area contributed by atoms with Gasteiger partial charge in [-0.25, -0.2) is 4.98 Å². The lowest BCUT2D eigenvalue weighted by molar-refractivity contribution is 0.0947. The van der Waals surface area contributed by atoms with Crippen LogP contribution in [0.2, 0.25) is 0 Å². The Morgan fingerprint density at radius 1 is 1.48 bits per heavy atom. The minimum atomic E-state index is -0.449. The molecule has 0 unspecified atom stereocenters. The van der Waals surface area contributed by atoms with Crippen LogP contribution in [-0.4, -0.2) is 35.2 Å². The molecule has 4 N–H and O–H groups in total. The molecular formula is C15H19N3O3. The average molecular weight is 289 g/mol. The highest BCUT2D eigenvalue weighted by atomic mass is 16.5. The normalized spacial score (nSPS) is 10.9. The number of nitrogens with one attached hydrogen (secondary N) is 1. The third-order valence-corrected chi connectivity index (χ3v) is 2.85. The molecule has 0 saturated carbocycles. The maximum Gasteiger partial charge on any atom is 0.273 e. The first-order chi connectivity index (χ1) is 10.0. The van der Waals surface area contributed by atoms with Gasteiger partial charge in [-0.1, -0.05) is 0 Å². The summed E-state index contributed by atoms with van der Waals surface area (Å²) >= 11 is 0. The van der Waals surface area contributed by atoms with Gasteiger partial charge in [-0.15, -0.1) is 0 Å². The van der Waals surface area contributed by atoms with E-state index in [1.807, 2.05) is 13.8 Å². The standard InChI is InChI=1S/C15H19N3O3/c1-9(2)21-11-4-3-10-8-18-13(14(19)12(10)7-11)15(20)17-6-5-16/h3-4,7-9,19H,5-6,16H2,1-2H3,(H,17,20). The van der Waals surface area contributed by atoms with Crippen molar-refractivity contribution < 1.29 is 14.6 Å². The summed E-state index contributed by atoms with van der Waals surface area (Å²) in [6.45, 7) is 4.49. The Morgan fingerprint density at radius 3 is 2.90 bits per heavy atom. The number of ether oxygens (including phenoxy) is 1. The van der Waals surface area contributed by atoms with Gasteiger partial charge in [-0.05, 0) is 32.0 Å². The first-order valence-electron chi connectivity index (χ1n) is 6.79. The first-order valence-corrected chi connectivity index (χ1v) is 6.79. The summed E-state index contributed by atoms with van der Waals surface area (Å²) in [7, 11) is 0. The summed E-state index contributed by atoms with van der Waals surface area (Å²) in [4.78, 5) is 15.9. The van der Waals surface area contributed by atoms with E-state index in [9.17, 15) is 9.90 Å². The van der Waals surface area contributed by atoms with Crippen LogP contribution in [0.25, 0.3) is 10.8 Å². The van der Waals surface area contributed by atoms with Gasteiger partial charge in [0.1, 0.15) is 5.75 Å². The van der Waals surface area contributed by atoms with Crippen LogP contribution in [0.4, 0.5) is 0 Å². The second-order valence-corrected chi connectivity index (χ2v) is 4.92. The number of nitrogens with two attached hydrogens (primary N) is 1. The second kappa shape index (κ2) is 6.41. The molecule has 1 amide bonds. The molecule has 0 bridgehead atoms. The fourth-order valence-electron chi connectivity index (χ4n) is 1.96. The molecule has 0 fully saturated rings. The van der Waals surface area contributed by atoms with E-state index in [0.717, 1.165) is 5.39 Å². The number of nitrogens with zero attached hydrogens (tertiary/aromatic N) is 1. The monoisotopic (exact) mass is 289 g/mol. The van der Waals surface area contributed by atoms with Crippen molar-refractivity contribution >= 4 is 16.7 Å². The molecule has 0 aliphatic carbocycles. The molecule has 2 aromatic rings. The second-order valence-electron chi connectivity index (χ2n) is 4.92. The number of pyridine rings is 1. The van der Waals surface area contributed by atoms with Crippen LogP contribution in [-0.2, 0) is 0 Å². The fraction of sp³-hybridized carbons (Fsp3) is 0.333. The van der Waals surface area contributed by atoms with Crippen LogP contribution >= 0.6 is 0 Å². The molecule has 0 aliphatic heterocycles. The van der Waals surface area contributed by atoms with E-state index < -0.39 is 5.91 Å². The van der Waals surface area contributed by atoms with E-state index in [-0.39, 0.29) is 17.5 Å². The molecule has 0 spiro atoms. The summed E-state index contributed by atoms with van der Waals surface area (Å²) in [6.07, 6.45) is 1.57. The largest absolute Gasteiger partial charge is 0.505 e. The van der Waals surface area contributed by atoms with Crippen molar-refractivity contribution in [3.8, 4) is 11.5 Å². The molecule has 6 nitrogen and oxygen atoms in total. The predicted molar refractivity (Wildman–Crippen MR) is 80.6 cm³/mol. The molecule has 0 saturated heterocycles. The lowest BCUT2D eigenvalue weighted by Crippen LogP contribution is -2.29. The molecule has 2 rings (SSSR count). The molecule has 0 aliphatic rings. The van der Waals surface area contributed by atoms with Gasteiger partial charge in [0.2, 0.25) is 0 Å². The highest BCUT2D eigenvalue weighted by Gasteiger charge is 2.15. The Morgan fingerprint density at radius 2 is 2.24 bits per heavy atom.